The van der Waals surface area contributed by atoms with E-state index in [1.807, 2.05) is 48.5 Å². The molecule has 2 aromatic carbocycles. The molecule has 0 spiro atoms. The topological polar surface area (TPSA) is 41.8 Å². The molecule has 0 saturated carbocycles. The van der Waals surface area contributed by atoms with E-state index in [0.29, 0.717) is 0 Å². The van der Waals surface area contributed by atoms with E-state index < -0.39 is 0 Å². The van der Waals surface area contributed by atoms with Crippen molar-refractivity contribution in [2.75, 3.05) is 7.11 Å². The minimum atomic E-state index is 0.821. The maximum Gasteiger partial charge on any atom is 0.118 e. The molecule has 17 heavy (non-hydrogen) atoms. The van der Waals surface area contributed by atoms with Crippen LogP contribution in [-0.2, 0) is 0 Å². The zero-order valence-corrected chi connectivity index (χ0v) is 9.50. The zero-order chi connectivity index (χ0) is 12.1. The summed E-state index contributed by atoms with van der Waals surface area (Å²) in [6, 6.07) is 15.5. The third-order valence-corrected chi connectivity index (χ3v) is 2.56. The van der Waals surface area contributed by atoms with Crippen LogP contribution < -0.4 is 4.74 Å². The van der Waals surface area contributed by atoms with Crippen LogP contribution in [0.2, 0.25) is 0 Å². The van der Waals surface area contributed by atoms with E-state index in [1.54, 1.807) is 7.11 Å². The van der Waals surface area contributed by atoms with Gasteiger partial charge in [-0.25, -0.2) is 0 Å². The van der Waals surface area contributed by atoms with Gasteiger partial charge in [0.05, 0.1) is 13.3 Å². The zero-order valence-electron chi connectivity index (χ0n) is 9.50. The van der Waals surface area contributed by atoms with Crippen LogP contribution in [0.1, 0.15) is 5.56 Å². The lowest BCUT2D eigenvalue weighted by molar-refractivity contribution is 0.322. The van der Waals surface area contributed by atoms with Gasteiger partial charge in [-0.05, 0) is 23.3 Å². The summed E-state index contributed by atoms with van der Waals surface area (Å²) in [5.41, 5.74) is 2.95. The van der Waals surface area contributed by atoms with Gasteiger partial charge in [0.2, 0.25) is 0 Å². The molecule has 0 aliphatic rings. The number of rotatable bonds is 3. The van der Waals surface area contributed by atoms with Gasteiger partial charge in [-0.1, -0.05) is 41.6 Å². The van der Waals surface area contributed by atoms with Gasteiger partial charge < -0.3 is 9.94 Å². The molecular formula is C14H13NO2. The predicted molar refractivity (Wildman–Crippen MR) is 67.8 cm³/mol. The van der Waals surface area contributed by atoms with E-state index in [0.717, 1.165) is 22.4 Å². The summed E-state index contributed by atoms with van der Waals surface area (Å²) in [7, 11) is 1.64. The minimum absolute atomic E-state index is 0.821. The Hall–Kier alpha value is -2.29. The molecule has 1 N–H and O–H groups in total. The minimum Gasteiger partial charge on any atom is -0.497 e. The lowest BCUT2D eigenvalue weighted by atomic mass is 10.0. The Morgan fingerprint density at radius 1 is 1.06 bits per heavy atom. The van der Waals surface area contributed by atoms with Crippen LogP contribution in [0.25, 0.3) is 11.1 Å². The Balaban J connectivity index is 2.44. The predicted octanol–water partition coefficient (Wildman–Crippen LogP) is 3.17. The molecular weight excluding hydrogens is 214 g/mol. The average Bonchev–Trinajstić information content (AvgIpc) is 2.40. The molecule has 0 atom stereocenters. The number of hydrogen-bond acceptors (Lipinski definition) is 3. The molecule has 0 aliphatic carbocycles. The van der Waals surface area contributed by atoms with Gasteiger partial charge >= 0.3 is 0 Å². The summed E-state index contributed by atoms with van der Waals surface area (Å²) >= 11 is 0. The van der Waals surface area contributed by atoms with Crippen LogP contribution >= 0.6 is 0 Å². The lowest BCUT2D eigenvalue weighted by Gasteiger charge is -2.06. The highest BCUT2D eigenvalue weighted by molar-refractivity contribution is 5.90. The van der Waals surface area contributed by atoms with Crippen molar-refractivity contribution in [2.24, 2.45) is 5.16 Å². The van der Waals surface area contributed by atoms with Crippen LogP contribution in [0, 0.1) is 0 Å². The first-order valence-electron chi connectivity index (χ1n) is 5.26. The van der Waals surface area contributed by atoms with Crippen LogP contribution in [0.4, 0.5) is 0 Å². The Bertz CT molecular complexity index is 518. The number of benzene rings is 2. The highest BCUT2D eigenvalue weighted by atomic mass is 16.5. The second-order valence-corrected chi connectivity index (χ2v) is 3.56. The van der Waals surface area contributed by atoms with Crippen LogP contribution in [0.3, 0.4) is 0 Å². The maximum absolute atomic E-state index is 8.62. The van der Waals surface area contributed by atoms with E-state index >= 15 is 0 Å². The highest BCUT2D eigenvalue weighted by Crippen LogP contribution is 2.24. The molecule has 3 nitrogen and oxygen atoms in total. The van der Waals surface area contributed by atoms with Crippen molar-refractivity contribution >= 4 is 6.21 Å². The summed E-state index contributed by atoms with van der Waals surface area (Å²) in [4.78, 5) is 0. The second-order valence-electron chi connectivity index (χ2n) is 3.56. The molecule has 0 heterocycles. The molecule has 0 fully saturated rings. The first-order chi connectivity index (χ1) is 8.35. The monoisotopic (exact) mass is 227 g/mol. The average molecular weight is 227 g/mol. The fourth-order valence-corrected chi connectivity index (χ4v) is 1.71. The Morgan fingerprint density at radius 2 is 1.76 bits per heavy atom. The maximum atomic E-state index is 8.62. The van der Waals surface area contributed by atoms with Gasteiger partial charge in [0, 0.05) is 5.56 Å². The SMILES string of the molecule is COc1ccc(-c2ccccc2C=NO)cc1. The number of ether oxygens (including phenoxy) is 1. The standard InChI is InChI=1S/C14H13NO2/c1-17-13-8-6-11(7-9-13)14-5-3-2-4-12(14)10-15-16/h2-10,16H,1H3. The van der Waals surface area contributed by atoms with Crippen molar-refractivity contribution in [3.63, 3.8) is 0 Å². The molecule has 0 amide bonds. The van der Waals surface area contributed by atoms with Gasteiger partial charge in [0.15, 0.2) is 0 Å². The highest BCUT2D eigenvalue weighted by Gasteiger charge is 2.02. The normalized spacial score (nSPS) is 10.6. The molecule has 0 bridgehead atoms. The summed E-state index contributed by atoms with van der Waals surface area (Å²) in [5, 5.41) is 11.7. The number of hydrogen-bond donors (Lipinski definition) is 1. The van der Waals surface area contributed by atoms with E-state index in [4.69, 9.17) is 9.94 Å². The first-order valence-corrected chi connectivity index (χ1v) is 5.26. The van der Waals surface area contributed by atoms with Crippen molar-refractivity contribution in [1.82, 2.24) is 0 Å². The molecule has 2 aromatic rings. The fraction of sp³-hybridized carbons (Fsp3) is 0.0714. The van der Waals surface area contributed by atoms with E-state index in [9.17, 15) is 0 Å². The Labute approximate surface area is 100.0 Å². The van der Waals surface area contributed by atoms with E-state index in [-0.39, 0.29) is 0 Å². The van der Waals surface area contributed by atoms with Gasteiger partial charge in [-0.3, -0.25) is 0 Å². The largest absolute Gasteiger partial charge is 0.497 e. The van der Waals surface area contributed by atoms with Gasteiger partial charge in [-0.15, -0.1) is 0 Å². The van der Waals surface area contributed by atoms with Crippen molar-refractivity contribution in [1.29, 1.82) is 0 Å². The van der Waals surface area contributed by atoms with Crippen molar-refractivity contribution in [3.8, 4) is 16.9 Å². The fourth-order valence-electron chi connectivity index (χ4n) is 1.71. The Morgan fingerprint density at radius 3 is 2.41 bits per heavy atom. The van der Waals surface area contributed by atoms with Crippen molar-refractivity contribution in [2.45, 2.75) is 0 Å². The van der Waals surface area contributed by atoms with Crippen LogP contribution in [-0.4, -0.2) is 18.5 Å². The third-order valence-electron chi connectivity index (χ3n) is 2.56. The van der Waals surface area contributed by atoms with Crippen LogP contribution in [0.5, 0.6) is 5.75 Å². The third kappa shape index (κ3) is 2.45. The number of nitrogens with zero attached hydrogens (tertiary/aromatic N) is 1. The number of methoxy groups -OCH3 is 1. The molecule has 0 radical (unpaired) electrons. The lowest BCUT2D eigenvalue weighted by Crippen LogP contribution is -1.88. The molecule has 0 aromatic heterocycles. The second kappa shape index (κ2) is 5.16. The first kappa shape index (κ1) is 11.2. The van der Waals surface area contributed by atoms with E-state index in [1.165, 1.54) is 6.21 Å². The smallest absolute Gasteiger partial charge is 0.118 e. The summed E-state index contributed by atoms with van der Waals surface area (Å²) in [6.45, 7) is 0. The van der Waals surface area contributed by atoms with Crippen molar-refractivity contribution in [3.05, 3.63) is 54.1 Å². The summed E-state index contributed by atoms with van der Waals surface area (Å²) in [6.07, 6.45) is 1.43. The number of oxime groups is 1. The van der Waals surface area contributed by atoms with Gasteiger partial charge in [-0.2, -0.15) is 0 Å². The molecule has 86 valence electrons. The quantitative estimate of drug-likeness (QED) is 0.497. The van der Waals surface area contributed by atoms with E-state index in [2.05, 4.69) is 5.16 Å². The molecule has 2 rings (SSSR count). The molecule has 0 unspecified atom stereocenters. The summed E-state index contributed by atoms with van der Waals surface area (Å²) < 4.78 is 5.12. The van der Waals surface area contributed by atoms with Gasteiger partial charge in [0.1, 0.15) is 5.75 Å². The molecule has 3 heteroatoms. The Kier molecular flexibility index (Phi) is 3.40. The van der Waals surface area contributed by atoms with Crippen molar-refractivity contribution < 1.29 is 9.94 Å². The molecule has 0 aliphatic heterocycles. The van der Waals surface area contributed by atoms with Crippen LogP contribution in [0.15, 0.2) is 53.7 Å². The summed E-state index contributed by atoms with van der Waals surface area (Å²) in [5.74, 6) is 0.821. The molecule has 0 saturated heterocycles. The van der Waals surface area contributed by atoms with Gasteiger partial charge in [0.25, 0.3) is 0 Å².